The number of sulfonamides is 1. The summed E-state index contributed by atoms with van der Waals surface area (Å²) in [4.78, 5) is 14.5. The largest absolute Gasteiger partial charge is 0.322 e. The minimum absolute atomic E-state index is 0.174. The zero-order valence-electron chi connectivity index (χ0n) is 16.1. The van der Waals surface area contributed by atoms with Crippen molar-refractivity contribution in [3.63, 3.8) is 0 Å². The number of hydrogen-bond acceptors (Lipinski definition) is 5. The summed E-state index contributed by atoms with van der Waals surface area (Å²) in [6.07, 6.45) is 5.87. The Morgan fingerprint density at radius 2 is 1.97 bits per heavy atom. The lowest BCUT2D eigenvalue weighted by Gasteiger charge is -2.14. The van der Waals surface area contributed by atoms with Crippen LogP contribution in [0, 0.1) is 6.92 Å². The highest BCUT2D eigenvalue weighted by molar-refractivity contribution is 7.98. The fourth-order valence-corrected chi connectivity index (χ4v) is 6.37. The number of benzene rings is 1. The molecule has 3 aromatic rings. The van der Waals surface area contributed by atoms with Gasteiger partial charge in [-0.3, -0.25) is 9.52 Å². The molecule has 0 radical (unpaired) electrons. The van der Waals surface area contributed by atoms with Gasteiger partial charge in [-0.25, -0.2) is 8.42 Å². The maximum absolute atomic E-state index is 13.3. The Bertz CT molecular complexity index is 1170. The Hall–Kier alpha value is -2.23. The number of aromatic nitrogens is 1. The molecule has 2 N–H and O–H groups in total. The average Bonchev–Trinajstić information content (AvgIpc) is 3.30. The van der Waals surface area contributed by atoms with E-state index in [1.165, 1.54) is 4.88 Å². The van der Waals surface area contributed by atoms with Gasteiger partial charge in [-0.15, -0.1) is 11.3 Å². The molecule has 0 unspecified atom stereocenters. The zero-order chi connectivity index (χ0) is 20.6. The van der Waals surface area contributed by atoms with Gasteiger partial charge in [-0.1, -0.05) is 6.07 Å². The lowest BCUT2D eigenvalue weighted by Crippen LogP contribution is -2.17. The molecule has 0 spiro atoms. The number of thiophene rings is 1. The van der Waals surface area contributed by atoms with E-state index in [-0.39, 0.29) is 5.91 Å². The van der Waals surface area contributed by atoms with Gasteiger partial charge in [-0.2, -0.15) is 11.8 Å². The van der Waals surface area contributed by atoms with Crippen LogP contribution >= 0.6 is 23.1 Å². The van der Waals surface area contributed by atoms with E-state index in [0.717, 1.165) is 40.3 Å². The Balaban J connectivity index is 1.69. The minimum atomic E-state index is -3.40. The number of carbonyl (C=O) groups is 1. The van der Waals surface area contributed by atoms with Crippen LogP contribution in [0.5, 0.6) is 0 Å². The van der Waals surface area contributed by atoms with Crippen LogP contribution in [-0.4, -0.2) is 30.9 Å². The van der Waals surface area contributed by atoms with Crippen LogP contribution in [0.15, 0.2) is 42.7 Å². The van der Waals surface area contributed by atoms with Crippen molar-refractivity contribution in [3.8, 4) is 5.00 Å². The monoisotopic (exact) mass is 447 g/mol. The molecular formula is C20H21N3O3S3. The van der Waals surface area contributed by atoms with Gasteiger partial charge in [0.15, 0.2) is 0 Å². The number of carbonyl (C=O) groups excluding carboxylic acids is 1. The van der Waals surface area contributed by atoms with Gasteiger partial charge in [0.2, 0.25) is 10.0 Å². The Labute approximate surface area is 178 Å². The highest BCUT2D eigenvalue weighted by atomic mass is 32.2. The molecule has 0 bridgehead atoms. The van der Waals surface area contributed by atoms with Crippen molar-refractivity contribution in [3.05, 3.63) is 64.3 Å². The van der Waals surface area contributed by atoms with Gasteiger partial charge in [0.05, 0.1) is 17.5 Å². The second kappa shape index (κ2) is 7.89. The van der Waals surface area contributed by atoms with E-state index in [0.29, 0.717) is 16.9 Å². The summed E-state index contributed by atoms with van der Waals surface area (Å²) in [5, 5.41) is 3.88. The first-order valence-electron chi connectivity index (χ1n) is 9.07. The third-order valence-electron chi connectivity index (χ3n) is 4.66. The van der Waals surface area contributed by atoms with Crippen molar-refractivity contribution in [1.29, 1.82) is 0 Å². The summed E-state index contributed by atoms with van der Waals surface area (Å²) < 4.78 is 27.7. The van der Waals surface area contributed by atoms with E-state index in [4.69, 9.17) is 0 Å². The Morgan fingerprint density at radius 1 is 1.21 bits per heavy atom. The van der Waals surface area contributed by atoms with E-state index in [1.807, 2.05) is 47.8 Å². The Morgan fingerprint density at radius 3 is 2.69 bits per heavy atom. The van der Waals surface area contributed by atoms with E-state index in [1.54, 1.807) is 29.5 Å². The van der Waals surface area contributed by atoms with Crippen molar-refractivity contribution in [2.24, 2.45) is 0 Å². The summed E-state index contributed by atoms with van der Waals surface area (Å²) in [7, 11) is -3.40. The highest BCUT2D eigenvalue weighted by Gasteiger charge is 2.26. The summed E-state index contributed by atoms with van der Waals surface area (Å²) in [6.45, 7) is 1.82. The normalized spacial score (nSPS) is 13.7. The quantitative estimate of drug-likeness (QED) is 0.612. The molecule has 0 atom stereocenters. The molecule has 152 valence electrons. The molecule has 0 saturated heterocycles. The highest BCUT2D eigenvalue weighted by Crippen LogP contribution is 2.38. The van der Waals surface area contributed by atoms with Crippen LogP contribution in [-0.2, 0) is 22.2 Å². The van der Waals surface area contributed by atoms with Crippen molar-refractivity contribution in [2.45, 2.75) is 19.1 Å². The van der Waals surface area contributed by atoms with Crippen LogP contribution in [0.25, 0.3) is 5.00 Å². The third-order valence-corrected chi connectivity index (χ3v) is 7.66. The number of nitrogens with one attached hydrogen (secondary N) is 2. The minimum Gasteiger partial charge on any atom is -0.322 e. The Kier molecular flexibility index (Phi) is 5.46. The number of rotatable bonds is 5. The second-order valence-corrected chi connectivity index (χ2v) is 10.9. The van der Waals surface area contributed by atoms with Gasteiger partial charge >= 0.3 is 0 Å². The fourth-order valence-electron chi connectivity index (χ4n) is 3.31. The molecule has 0 fully saturated rings. The van der Waals surface area contributed by atoms with Crippen LogP contribution in [0.4, 0.5) is 11.4 Å². The maximum Gasteiger partial charge on any atom is 0.258 e. The van der Waals surface area contributed by atoms with E-state index in [9.17, 15) is 13.2 Å². The van der Waals surface area contributed by atoms with Gasteiger partial charge in [0.25, 0.3) is 5.91 Å². The molecule has 0 aliphatic carbocycles. The van der Waals surface area contributed by atoms with E-state index in [2.05, 4.69) is 10.0 Å². The average molecular weight is 448 g/mol. The fraction of sp³-hybridized carbons (Fsp3) is 0.250. The lowest BCUT2D eigenvalue weighted by atomic mass is 10.1. The third kappa shape index (κ3) is 4.36. The van der Waals surface area contributed by atoms with Crippen molar-refractivity contribution in [1.82, 2.24) is 4.57 Å². The first-order valence-corrected chi connectivity index (χ1v) is 12.9. The first-order chi connectivity index (χ1) is 13.8. The predicted octanol–water partition coefficient (Wildman–Crippen LogP) is 4.26. The summed E-state index contributed by atoms with van der Waals surface area (Å²) in [5.41, 5.74) is 3.62. The zero-order valence-corrected chi connectivity index (χ0v) is 18.5. The molecule has 1 aliphatic heterocycles. The van der Waals surface area contributed by atoms with Crippen LogP contribution in [0.1, 0.15) is 26.4 Å². The number of hydrogen-bond donors (Lipinski definition) is 2. The van der Waals surface area contributed by atoms with E-state index >= 15 is 0 Å². The molecule has 4 rings (SSSR count). The number of anilines is 2. The van der Waals surface area contributed by atoms with Gasteiger partial charge in [0, 0.05) is 28.7 Å². The maximum atomic E-state index is 13.3. The first kappa shape index (κ1) is 20.1. The standard InChI is InChI=1S/C20H21N3O3S3/c1-13-5-6-14(11-16(13)22-29(2,25)26)21-19(24)18-15-7-10-27-12-17(15)28-20(18)23-8-3-4-9-23/h3-6,8-9,11,22H,7,10,12H2,1-2H3,(H,21,24). The summed E-state index contributed by atoms with van der Waals surface area (Å²) in [5.74, 6) is 1.75. The van der Waals surface area contributed by atoms with E-state index < -0.39 is 10.0 Å². The van der Waals surface area contributed by atoms with Gasteiger partial charge in [0.1, 0.15) is 5.00 Å². The molecule has 3 heterocycles. The second-order valence-electron chi connectivity index (χ2n) is 6.93. The molecular weight excluding hydrogens is 426 g/mol. The molecule has 0 saturated carbocycles. The number of thioether (sulfide) groups is 1. The molecule has 2 aromatic heterocycles. The number of nitrogens with zero attached hydrogens (tertiary/aromatic N) is 1. The van der Waals surface area contributed by atoms with Crippen molar-refractivity contribution < 1.29 is 13.2 Å². The van der Waals surface area contributed by atoms with Crippen LogP contribution in [0.2, 0.25) is 0 Å². The van der Waals surface area contributed by atoms with Gasteiger partial charge in [-0.05, 0) is 54.5 Å². The van der Waals surface area contributed by atoms with Crippen LogP contribution in [0.3, 0.4) is 0 Å². The number of aryl methyl sites for hydroxylation is 1. The predicted molar refractivity (Wildman–Crippen MR) is 121 cm³/mol. The summed E-state index contributed by atoms with van der Waals surface area (Å²) >= 11 is 3.55. The van der Waals surface area contributed by atoms with Crippen molar-refractivity contribution >= 4 is 50.4 Å². The molecule has 1 aromatic carbocycles. The topological polar surface area (TPSA) is 80.2 Å². The molecule has 1 amide bonds. The molecule has 1 aliphatic rings. The van der Waals surface area contributed by atoms with Crippen molar-refractivity contribution in [2.75, 3.05) is 22.0 Å². The molecule has 9 heteroatoms. The SMILES string of the molecule is Cc1ccc(NC(=O)c2c(-n3cccc3)sc3c2CCSC3)cc1NS(C)(=O)=O. The molecule has 29 heavy (non-hydrogen) atoms. The lowest BCUT2D eigenvalue weighted by molar-refractivity contribution is 0.102. The van der Waals surface area contributed by atoms with Gasteiger partial charge < -0.3 is 9.88 Å². The molecule has 6 nitrogen and oxygen atoms in total. The number of amides is 1. The summed E-state index contributed by atoms with van der Waals surface area (Å²) in [6, 6.07) is 9.11. The number of fused-ring (bicyclic) bond motifs is 1. The smallest absolute Gasteiger partial charge is 0.258 e. The van der Waals surface area contributed by atoms with Crippen LogP contribution < -0.4 is 10.0 Å².